The maximum atomic E-state index is 13.8. The molecule has 2 aromatic heterocycles. The van der Waals surface area contributed by atoms with E-state index in [2.05, 4.69) is 5.32 Å². The fourth-order valence-corrected chi connectivity index (χ4v) is 5.46. The molecule has 0 fully saturated rings. The van der Waals surface area contributed by atoms with E-state index in [4.69, 9.17) is 4.98 Å². The van der Waals surface area contributed by atoms with Gasteiger partial charge in [-0.15, -0.1) is 11.3 Å². The molecule has 2 heterocycles. The highest BCUT2D eigenvalue weighted by Crippen LogP contribution is 2.36. The molecule has 5 nitrogen and oxygen atoms in total. The number of nitrogens with zero attached hydrogens (tertiary/aromatic N) is 2. The summed E-state index contributed by atoms with van der Waals surface area (Å²) in [5.74, 6) is 0.135. The molecule has 0 radical (unpaired) electrons. The molecular weight excluding hydrogens is 438 g/mol. The Balaban J connectivity index is 1.85. The lowest BCUT2D eigenvalue weighted by molar-refractivity contribution is -0.119. The molecule has 1 atom stereocenters. The van der Waals surface area contributed by atoms with Crippen molar-refractivity contribution in [2.45, 2.75) is 38.4 Å². The van der Waals surface area contributed by atoms with Crippen LogP contribution in [0, 0.1) is 6.92 Å². The number of nitrogens with one attached hydrogen (secondary N) is 1. The Kier molecular flexibility index (Phi) is 6.77. The van der Waals surface area contributed by atoms with Gasteiger partial charge in [0.15, 0.2) is 5.16 Å². The molecule has 2 aromatic carbocycles. The van der Waals surface area contributed by atoms with Crippen LogP contribution in [0.3, 0.4) is 0 Å². The molecule has 4 rings (SSSR count). The van der Waals surface area contributed by atoms with Crippen molar-refractivity contribution in [2.24, 2.45) is 0 Å². The van der Waals surface area contributed by atoms with E-state index < -0.39 is 0 Å². The molecule has 0 aliphatic heterocycles. The number of carbonyl (C=O) groups excluding carboxylic acids is 1. The maximum absolute atomic E-state index is 13.8. The lowest BCUT2D eigenvalue weighted by Crippen LogP contribution is -2.33. The Morgan fingerprint density at radius 2 is 1.78 bits per heavy atom. The number of fused-ring (bicyclic) bond motifs is 1. The quantitative estimate of drug-likeness (QED) is 0.293. The second-order valence-electron chi connectivity index (χ2n) is 7.62. The number of aryl methyl sites for hydroxylation is 1. The number of rotatable bonds is 7. The van der Waals surface area contributed by atoms with Gasteiger partial charge in [-0.2, -0.15) is 0 Å². The van der Waals surface area contributed by atoms with Crippen molar-refractivity contribution < 1.29 is 4.79 Å². The van der Waals surface area contributed by atoms with Crippen molar-refractivity contribution in [3.8, 4) is 16.8 Å². The van der Waals surface area contributed by atoms with Crippen LogP contribution in [0.4, 0.5) is 0 Å². The van der Waals surface area contributed by atoms with E-state index >= 15 is 0 Å². The number of amides is 1. The lowest BCUT2D eigenvalue weighted by atomic mass is 10.0. The van der Waals surface area contributed by atoms with Crippen LogP contribution in [-0.2, 0) is 4.79 Å². The summed E-state index contributed by atoms with van der Waals surface area (Å²) in [5, 5.41) is 4.12. The normalized spacial score (nSPS) is 12.1. The molecule has 32 heavy (non-hydrogen) atoms. The Morgan fingerprint density at radius 1 is 1.12 bits per heavy atom. The van der Waals surface area contributed by atoms with Crippen LogP contribution >= 0.6 is 23.1 Å². The number of para-hydroxylation sites is 1. The van der Waals surface area contributed by atoms with E-state index in [0.717, 1.165) is 28.1 Å². The summed E-state index contributed by atoms with van der Waals surface area (Å²) >= 11 is 2.80. The highest BCUT2D eigenvalue weighted by Gasteiger charge is 2.21. The van der Waals surface area contributed by atoms with Crippen molar-refractivity contribution >= 4 is 39.2 Å². The van der Waals surface area contributed by atoms with Gasteiger partial charge in [0.1, 0.15) is 4.83 Å². The predicted octanol–water partition coefficient (Wildman–Crippen LogP) is 5.43. The van der Waals surface area contributed by atoms with Gasteiger partial charge in [0.25, 0.3) is 5.56 Å². The molecule has 164 valence electrons. The maximum Gasteiger partial charge on any atom is 0.268 e. The molecular formula is C25H25N3O2S2. The lowest BCUT2D eigenvalue weighted by Gasteiger charge is -2.14. The van der Waals surface area contributed by atoms with E-state index in [1.807, 2.05) is 81.4 Å². The van der Waals surface area contributed by atoms with Gasteiger partial charge in [0.2, 0.25) is 5.91 Å². The smallest absolute Gasteiger partial charge is 0.268 e. The fourth-order valence-electron chi connectivity index (χ4n) is 3.55. The van der Waals surface area contributed by atoms with Gasteiger partial charge in [0.05, 0.1) is 16.8 Å². The van der Waals surface area contributed by atoms with Gasteiger partial charge in [-0.1, -0.05) is 67.2 Å². The van der Waals surface area contributed by atoms with Gasteiger partial charge < -0.3 is 5.32 Å². The minimum absolute atomic E-state index is 0.0642. The Labute approximate surface area is 195 Å². The molecule has 4 aromatic rings. The Hall–Kier alpha value is -2.90. The zero-order valence-electron chi connectivity index (χ0n) is 18.3. The minimum Gasteiger partial charge on any atom is -0.353 e. The van der Waals surface area contributed by atoms with Gasteiger partial charge >= 0.3 is 0 Å². The number of hydrogen-bond donors (Lipinski definition) is 1. The van der Waals surface area contributed by atoms with Crippen LogP contribution in [-0.4, -0.2) is 27.3 Å². The molecule has 1 amide bonds. The summed E-state index contributed by atoms with van der Waals surface area (Å²) < 4.78 is 1.63. The molecule has 0 saturated heterocycles. The van der Waals surface area contributed by atoms with Crippen LogP contribution in [0.5, 0.6) is 0 Å². The van der Waals surface area contributed by atoms with Crippen LogP contribution in [0.15, 0.2) is 70.6 Å². The molecule has 0 aliphatic carbocycles. The Morgan fingerprint density at radius 3 is 2.44 bits per heavy atom. The minimum atomic E-state index is -0.116. The largest absolute Gasteiger partial charge is 0.353 e. The zero-order valence-corrected chi connectivity index (χ0v) is 19.9. The number of carbonyl (C=O) groups is 1. The third-order valence-corrected chi connectivity index (χ3v) is 7.24. The average Bonchev–Trinajstić information content (AvgIpc) is 3.14. The highest BCUT2D eigenvalue weighted by molar-refractivity contribution is 7.99. The fraction of sp³-hybridized carbons (Fsp3) is 0.240. The van der Waals surface area contributed by atoms with Crippen LogP contribution in [0.1, 0.15) is 25.1 Å². The van der Waals surface area contributed by atoms with E-state index in [0.29, 0.717) is 15.4 Å². The summed E-state index contributed by atoms with van der Waals surface area (Å²) in [6, 6.07) is 19.5. The second-order valence-corrected chi connectivity index (χ2v) is 9.76. The summed E-state index contributed by atoms with van der Waals surface area (Å²) in [6.07, 6.45) is 0.867. The first kappa shape index (κ1) is 22.3. The van der Waals surface area contributed by atoms with Gasteiger partial charge in [-0.05, 0) is 38.0 Å². The molecule has 0 saturated carbocycles. The number of hydrogen-bond acceptors (Lipinski definition) is 5. The van der Waals surface area contributed by atoms with Crippen LogP contribution < -0.4 is 10.9 Å². The van der Waals surface area contributed by atoms with E-state index in [1.165, 1.54) is 23.1 Å². The first-order valence-corrected chi connectivity index (χ1v) is 12.4. The van der Waals surface area contributed by atoms with E-state index in [9.17, 15) is 9.59 Å². The highest BCUT2D eigenvalue weighted by atomic mass is 32.2. The summed E-state index contributed by atoms with van der Waals surface area (Å²) in [5.41, 5.74) is 2.55. The van der Waals surface area contributed by atoms with Gasteiger partial charge in [0, 0.05) is 16.5 Å². The number of benzene rings is 2. The molecule has 0 spiro atoms. The first-order chi connectivity index (χ1) is 15.5. The predicted molar refractivity (Wildman–Crippen MR) is 134 cm³/mol. The summed E-state index contributed by atoms with van der Waals surface area (Å²) in [7, 11) is 0. The van der Waals surface area contributed by atoms with E-state index in [1.54, 1.807) is 4.57 Å². The third kappa shape index (κ3) is 4.49. The van der Waals surface area contributed by atoms with Gasteiger partial charge in [-0.3, -0.25) is 14.2 Å². The molecule has 0 aliphatic rings. The monoisotopic (exact) mass is 463 g/mol. The molecule has 1 unspecified atom stereocenters. The third-order valence-electron chi connectivity index (χ3n) is 5.30. The van der Waals surface area contributed by atoms with Crippen molar-refractivity contribution in [2.75, 3.05) is 5.75 Å². The van der Waals surface area contributed by atoms with Crippen molar-refractivity contribution in [1.82, 2.24) is 14.9 Å². The van der Waals surface area contributed by atoms with Gasteiger partial charge in [-0.25, -0.2) is 4.98 Å². The molecule has 7 heteroatoms. The van der Waals surface area contributed by atoms with Crippen molar-refractivity contribution in [1.29, 1.82) is 0 Å². The first-order valence-electron chi connectivity index (χ1n) is 10.6. The standard InChI is InChI=1S/C25H25N3O2S2/c1-4-16(2)26-20(29)15-31-25-27-23-22(24(30)28(25)19-13-9-6-10-14-19)21(17(3)32-23)18-11-7-5-8-12-18/h5-14,16H,4,15H2,1-3H3,(H,26,29). The van der Waals surface area contributed by atoms with Crippen molar-refractivity contribution in [3.63, 3.8) is 0 Å². The van der Waals surface area contributed by atoms with E-state index in [-0.39, 0.29) is 23.3 Å². The summed E-state index contributed by atoms with van der Waals surface area (Å²) in [6.45, 7) is 6.03. The van der Waals surface area contributed by atoms with Crippen LogP contribution in [0.25, 0.3) is 27.0 Å². The Bertz CT molecular complexity index is 1300. The number of aromatic nitrogens is 2. The summed E-state index contributed by atoms with van der Waals surface area (Å²) in [4.78, 5) is 32.8. The molecule has 1 N–H and O–H groups in total. The van der Waals surface area contributed by atoms with Crippen LogP contribution in [0.2, 0.25) is 0 Å². The van der Waals surface area contributed by atoms with Crippen molar-refractivity contribution in [3.05, 3.63) is 75.9 Å². The SMILES string of the molecule is CCC(C)NC(=O)CSc1nc2sc(C)c(-c3ccccc3)c2c(=O)n1-c1ccccc1. The average molecular weight is 464 g/mol. The number of thioether (sulfide) groups is 1. The topological polar surface area (TPSA) is 64.0 Å². The zero-order chi connectivity index (χ0) is 22.7. The number of thiophene rings is 1. The molecule has 0 bridgehead atoms. The second kappa shape index (κ2) is 9.71.